The monoisotopic (exact) mass is 569 g/mol. The fourth-order valence-electron chi connectivity index (χ4n) is 5.60. The van der Waals surface area contributed by atoms with E-state index in [1.807, 2.05) is 0 Å². The molecule has 202 valence electrons. The van der Waals surface area contributed by atoms with Gasteiger partial charge in [-0.1, -0.05) is 34.4 Å². The third kappa shape index (κ3) is 4.90. The molecule has 1 aromatic heterocycles. The Balaban J connectivity index is 1.15. The summed E-state index contributed by atoms with van der Waals surface area (Å²) in [5, 5.41) is 16.3. The van der Waals surface area contributed by atoms with Crippen LogP contribution < -0.4 is 10.2 Å². The van der Waals surface area contributed by atoms with Crippen molar-refractivity contribution in [1.82, 2.24) is 10.5 Å². The average molecular weight is 570 g/mol. The lowest BCUT2D eigenvalue weighted by Crippen LogP contribution is -2.43. The molecule has 3 fully saturated rings. The molecule has 6 rings (SSSR count). The highest BCUT2D eigenvalue weighted by Gasteiger charge is 2.52. The Bertz CT molecular complexity index is 1430. The summed E-state index contributed by atoms with van der Waals surface area (Å²) >= 11 is 12.9. The lowest BCUT2D eigenvalue weighted by molar-refractivity contribution is -0.135. The van der Waals surface area contributed by atoms with Crippen LogP contribution in [0.2, 0.25) is 10.0 Å². The van der Waals surface area contributed by atoms with Crippen molar-refractivity contribution in [3.05, 3.63) is 69.4 Å². The lowest BCUT2D eigenvalue weighted by atomic mass is 10.0. The molecule has 2 N–H and O–H groups in total. The van der Waals surface area contributed by atoms with Crippen LogP contribution >= 0.6 is 23.2 Å². The number of carboxylic acids is 1. The first kappa shape index (κ1) is 25.9. The standard InChI is InChI=1S/C28H25Cl2N3O6/c29-20-2-1-3-21(30)24(20)25-19(26(39-32-25)14-4-5-14)13-38-22-11-17-10-18(22)28(37)33(17)16-8-6-15(7-9-16)27(36)31-12-23(34)35/h1-3,6-9,14,17-18,22H,4-5,10-13H2,(H,31,36)(H,34,35)/t17-,18+,22+/m0/s1. The maximum absolute atomic E-state index is 13.3. The molecule has 2 aromatic carbocycles. The van der Waals surface area contributed by atoms with E-state index >= 15 is 0 Å². The average Bonchev–Trinajstić information content (AvgIpc) is 3.42. The fourth-order valence-corrected chi connectivity index (χ4v) is 6.17. The molecule has 0 radical (unpaired) electrons. The van der Waals surface area contributed by atoms with Crippen molar-refractivity contribution in [2.24, 2.45) is 5.92 Å². The highest BCUT2D eigenvalue weighted by Crippen LogP contribution is 2.47. The predicted molar refractivity (Wildman–Crippen MR) is 143 cm³/mol. The predicted octanol–water partition coefficient (Wildman–Crippen LogP) is 5.05. The molecule has 0 unspecified atom stereocenters. The number of amides is 2. The number of aromatic nitrogens is 1. The van der Waals surface area contributed by atoms with Crippen LogP contribution in [0.1, 0.15) is 53.3 Å². The molecule has 1 aliphatic heterocycles. The highest BCUT2D eigenvalue weighted by atomic mass is 35.5. The van der Waals surface area contributed by atoms with Crippen LogP contribution in [-0.4, -0.2) is 46.7 Å². The van der Waals surface area contributed by atoms with E-state index in [4.69, 9.17) is 37.6 Å². The SMILES string of the molecule is O=C(O)CNC(=O)c1ccc(N2C(=O)[C@@H]3C[C@H]2C[C@H]3OCc2c(-c3c(Cl)cccc3Cl)noc2C2CC2)cc1. The summed E-state index contributed by atoms with van der Waals surface area (Å²) in [6.07, 6.45) is 3.19. The molecule has 0 spiro atoms. The zero-order chi connectivity index (χ0) is 27.3. The molecule has 2 heterocycles. The van der Waals surface area contributed by atoms with Gasteiger partial charge in [0.2, 0.25) is 5.91 Å². The Morgan fingerprint density at radius 3 is 2.46 bits per heavy atom. The van der Waals surface area contributed by atoms with Crippen molar-refractivity contribution in [2.45, 2.75) is 50.4 Å². The van der Waals surface area contributed by atoms with Crippen LogP contribution in [0.4, 0.5) is 5.69 Å². The second-order valence-electron chi connectivity index (χ2n) is 10.2. The largest absolute Gasteiger partial charge is 0.480 e. The molecule has 2 amide bonds. The number of fused-ring (bicyclic) bond motifs is 2. The summed E-state index contributed by atoms with van der Waals surface area (Å²) in [5.74, 6) is -0.788. The Hall–Kier alpha value is -3.40. The first-order valence-corrected chi connectivity index (χ1v) is 13.5. The molecular weight excluding hydrogens is 545 g/mol. The number of carbonyl (C=O) groups excluding carboxylic acids is 2. The number of rotatable bonds is 9. The van der Waals surface area contributed by atoms with Gasteiger partial charge in [0.15, 0.2) is 0 Å². The van der Waals surface area contributed by atoms with E-state index in [0.717, 1.165) is 24.2 Å². The number of anilines is 1. The number of piperidine rings is 1. The Labute approximate surface area is 234 Å². The summed E-state index contributed by atoms with van der Waals surface area (Å²) in [7, 11) is 0. The van der Waals surface area contributed by atoms with E-state index in [2.05, 4.69) is 10.5 Å². The van der Waals surface area contributed by atoms with E-state index in [0.29, 0.717) is 51.3 Å². The molecule has 39 heavy (non-hydrogen) atoms. The van der Waals surface area contributed by atoms with Crippen molar-refractivity contribution >= 4 is 46.7 Å². The fraction of sp³-hybridized carbons (Fsp3) is 0.357. The van der Waals surface area contributed by atoms with Gasteiger partial charge in [0.25, 0.3) is 5.91 Å². The first-order chi connectivity index (χ1) is 18.8. The number of hydrogen-bond acceptors (Lipinski definition) is 6. The number of nitrogens with one attached hydrogen (secondary N) is 1. The third-order valence-electron chi connectivity index (χ3n) is 7.61. The topological polar surface area (TPSA) is 122 Å². The van der Waals surface area contributed by atoms with Crippen molar-refractivity contribution in [2.75, 3.05) is 11.4 Å². The van der Waals surface area contributed by atoms with Gasteiger partial charge in [0.05, 0.1) is 28.7 Å². The van der Waals surface area contributed by atoms with Gasteiger partial charge in [-0.25, -0.2) is 0 Å². The zero-order valence-corrected chi connectivity index (χ0v) is 22.2. The number of halogens is 2. The van der Waals surface area contributed by atoms with Crippen molar-refractivity contribution in [1.29, 1.82) is 0 Å². The maximum atomic E-state index is 13.3. The van der Waals surface area contributed by atoms with Gasteiger partial charge in [-0.15, -0.1) is 0 Å². The van der Waals surface area contributed by atoms with Gasteiger partial charge in [-0.3, -0.25) is 14.4 Å². The van der Waals surface area contributed by atoms with E-state index < -0.39 is 18.4 Å². The molecular formula is C28H25Cl2N3O6. The molecule has 2 aliphatic carbocycles. The number of aliphatic carboxylic acids is 1. The number of carbonyl (C=O) groups is 3. The molecule has 1 saturated heterocycles. The normalized spacial score (nSPS) is 21.9. The minimum absolute atomic E-state index is 0.0120. The summed E-state index contributed by atoms with van der Waals surface area (Å²) < 4.78 is 12.1. The van der Waals surface area contributed by atoms with Crippen molar-refractivity contribution < 1.29 is 28.8 Å². The van der Waals surface area contributed by atoms with Gasteiger partial charge < -0.3 is 24.6 Å². The Morgan fingerprint density at radius 1 is 1.10 bits per heavy atom. The summed E-state index contributed by atoms with van der Waals surface area (Å²) in [4.78, 5) is 37.9. The Morgan fingerprint density at radius 2 is 1.82 bits per heavy atom. The second-order valence-corrected chi connectivity index (χ2v) is 11.0. The molecule has 3 aromatic rings. The summed E-state index contributed by atoms with van der Waals surface area (Å²) in [6, 6.07) is 11.9. The van der Waals surface area contributed by atoms with Crippen molar-refractivity contribution in [3.63, 3.8) is 0 Å². The maximum Gasteiger partial charge on any atom is 0.322 e. The third-order valence-corrected chi connectivity index (χ3v) is 8.24. The quantitative estimate of drug-likeness (QED) is 0.369. The number of nitrogens with zero attached hydrogens (tertiary/aromatic N) is 2. The summed E-state index contributed by atoms with van der Waals surface area (Å²) in [5.41, 5.74) is 3.05. The summed E-state index contributed by atoms with van der Waals surface area (Å²) in [6.45, 7) is -0.214. The van der Waals surface area contributed by atoms with Crippen LogP contribution in [0.25, 0.3) is 11.3 Å². The van der Waals surface area contributed by atoms with Gasteiger partial charge in [-0.05, 0) is 62.1 Å². The molecule has 2 bridgehead atoms. The van der Waals surface area contributed by atoms with E-state index in [1.54, 1.807) is 47.4 Å². The smallest absolute Gasteiger partial charge is 0.322 e. The molecule has 9 nitrogen and oxygen atoms in total. The molecule has 3 aliphatic rings. The van der Waals surface area contributed by atoms with E-state index in [1.165, 1.54) is 0 Å². The zero-order valence-electron chi connectivity index (χ0n) is 20.7. The minimum atomic E-state index is -1.12. The van der Waals surface area contributed by atoms with Gasteiger partial charge in [0, 0.05) is 34.3 Å². The minimum Gasteiger partial charge on any atom is -0.480 e. The van der Waals surface area contributed by atoms with Crippen LogP contribution in [0.5, 0.6) is 0 Å². The van der Waals surface area contributed by atoms with Crippen LogP contribution in [-0.2, 0) is 20.9 Å². The highest BCUT2D eigenvalue weighted by molar-refractivity contribution is 6.39. The van der Waals surface area contributed by atoms with Gasteiger partial charge in [0.1, 0.15) is 18.0 Å². The van der Waals surface area contributed by atoms with Crippen LogP contribution in [0.3, 0.4) is 0 Å². The number of carboxylic acid groups (broad SMARTS) is 1. The van der Waals surface area contributed by atoms with Gasteiger partial charge in [-0.2, -0.15) is 0 Å². The lowest BCUT2D eigenvalue weighted by Gasteiger charge is -2.31. The van der Waals surface area contributed by atoms with E-state index in [9.17, 15) is 14.4 Å². The van der Waals surface area contributed by atoms with Crippen molar-refractivity contribution in [3.8, 4) is 11.3 Å². The number of benzene rings is 2. The van der Waals surface area contributed by atoms with Gasteiger partial charge >= 0.3 is 5.97 Å². The molecule has 11 heteroatoms. The second kappa shape index (κ2) is 10.3. The van der Waals surface area contributed by atoms with Crippen LogP contribution in [0, 0.1) is 5.92 Å². The molecule has 2 saturated carbocycles. The number of ether oxygens (including phenoxy) is 1. The van der Waals surface area contributed by atoms with Crippen LogP contribution in [0.15, 0.2) is 47.0 Å². The Kier molecular flexibility index (Phi) is 6.82. The van der Waals surface area contributed by atoms with E-state index in [-0.39, 0.29) is 30.6 Å². The molecule has 3 atom stereocenters. The number of hydrogen-bond donors (Lipinski definition) is 2. The first-order valence-electron chi connectivity index (χ1n) is 12.8.